The summed E-state index contributed by atoms with van der Waals surface area (Å²) >= 11 is 1.80. The van der Waals surface area contributed by atoms with Crippen LogP contribution in [0.5, 0.6) is 0 Å². The standard InChI is InChI=1S/C23H32FN5OS/c1-25-23(27-20-7-9-29(10-8-20)22-6-3-15-31-22)26-17-21(28-11-13-30-14-12-28)18-4-2-5-19(24)16-18/h2-6,15-16,20-21H,7-14,17H2,1H3,(H2,25,26,27). The van der Waals surface area contributed by atoms with Crippen molar-refractivity contribution in [3.63, 3.8) is 0 Å². The predicted molar refractivity (Wildman–Crippen MR) is 126 cm³/mol. The van der Waals surface area contributed by atoms with Gasteiger partial charge >= 0.3 is 0 Å². The second kappa shape index (κ2) is 10.9. The van der Waals surface area contributed by atoms with Gasteiger partial charge in [0, 0.05) is 45.8 Å². The normalized spacial score (nSPS) is 19.9. The molecule has 2 aliphatic heterocycles. The van der Waals surface area contributed by atoms with E-state index in [-0.39, 0.29) is 11.9 Å². The quantitative estimate of drug-likeness (QED) is 0.529. The zero-order chi connectivity index (χ0) is 21.5. The van der Waals surface area contributed by atoms with Crippen LogP contribution in [0.25, 0.3) is 0 Å². The van der Waals surface area contributed by atoms with Gasteiger partial charge in [0.25, 0.3) is 0 Å². The Morgan fingerprint density at radius 1 is 1.19 bits per heavy atom. The lowest BCUT2D eigenvalue weighted by molar-refractivity contribution is 0.0169. The molecule has 1 aromatic carbocycles. The summed E-state index contributed by atoms with van der Waals surface area (Å²) in [5.74, 6) is 0.611. The minimum atomic E-state index is -0.198. The van der Waals surface area contributed by atoms with Crippen molar-refractivity contribution in [2.75, 3.05) is 57.9 Å². The van der Waals surface area contributed by atoms with E-state index in [1.54, 1.807) is 23.5 Å². The van der Waals surface area contributed by atoms with Crippen LogP contribution in [0.4, 0.5) is 9.39 Å². The zero-order valence-electron chi connectivity index (χ0n) is 18.1. The summed E-state index contributed by atoms with van der Waals surface area (Å²) < 4.78 is 19.4. The van der Waals surface area contributed by atoms with Crippen molar-refractivity contribution < 1.29 is 9.13 Å². The van der Waals surface area contributed by atoms with E-state index in [0.29, 0.717) is 25.8 Å². The van der Waals surface area contributed by atoms with E-state index < -0.39 is 0 Å². The summed E-state index contributed by atoms with van der Waals surface area (Å²) in [5, 5.41) is 10.6. The second-order valence-electron chi connectivity index (χ2n) is 8.03. The van der Waals surface area contributed by atoms with E-state index in [1.807, 2.05) is 13.1 Å². The summed E-state index contributed by atoms with van der Waals surface area (Å²) in [6, 6.07) is 11.7. The first-order valence-corrected chi connectivity index (χ1v) is 11.9. The molecule has 1 unspecified atom stereocenters. The van der Waals surface area contributed by atoms with Crippen molar-refractivity contribution in [3.05, 3.63) is 53.2 Å². The Labute approximate surface area is 188 Å². The highest BCUT2D eigenvalue weighted by Gasteiger charge is 2.24. The van der Waals surface area contributed by atoms with Crippen molar-refractivity contribution in [1.82, 2.24) is 15.5 Å². The molecule has 0 spiro atoms. The molecule has 6 nitrogen and oxygen atoms in total. The number of nitrogens with zero attached hydrogens (tertiary/aromatic N) is 3. The van der Waals surface area contributed by atoms with Crippen molar-refractivity contribution in [2.24, 2.45) is 4.99 Å². The maximum Gasteiger partial charge on any atom is 0.191 e. The number of hydrogen-bond acceptors (Lipinski definition) is 5. The largest absolute Gasteiger partial charge is 0.379 e. The van der Waals surface area contributed by atoms with Gasteiger partial charge in [-0.3, -0.25) is 9.89 Å². The third-order valence-corrected chi connectivity index (χ3v) is 6.99. The Balaban J connectivity index is 1.33. The van der Waals surface area contributed by atoms with Crippen molar-refractivity contribution in [2.45, 2.75) is 24.9 Å². The number of guanidine groups is 1. The highest BCUT2D eigenvalue weighted by Crippen LogP contribution is 2.25. The monoisotopic (exact) mass is 445 g/mol. The Bertz CT molecular complexity index is 832. The van der Waals surface area contributed by atoms with Crippen LogP contribution in [0.3, 0.4) is 0 Å². The highest BCUT2D eigenvalue weighted by molar-refractivity contribution is 7.14. The molecular formula is C23H32FN5OS. The number of halogens is 1. The van der Waals surface area contributed by atoms with Crippen LogP contribution in [0.2, 0.25) is 0 Å². The number of nitrogens with one attached hydrogen (secondary N) is 2. The molecule has 8 heteroatoms. The Morgan fingerprint density at radius 2 is 2.00 bits per heavy atom. The Hall–Kier alpha value is -2.16. The average molecular weight is 446 g/mol. The van der Waals surface area contributed by atoms with Gasteiger partial charge in [-0.05, 0) is 48.1 Å². The molecule has 0 amide bonds. The summed E-state index contributed by atoms with van der Waals surface area (Å²) in [5.41, 5.74) is 0.981. The van der Waals surface area contributed by atoms with Gasteiger partial charge in [-0.25, -0.2) is 4.39 Å². The van der Waals surface area contributed by atoms with Crippen molar-refractivity contribution in [3.8, 4) is 0 Å². The molecule has 0 aliphatic carbocycles. The summed E-state index contributed by atoms with van der Waals surface area (Å²) in [6.07, 6.45) is 2.16. The number of benzene rings is 1. The van der Waals surface area contributed by atoms with Crippen LogP contribution in [0, 0.1) is 5.82 Å². The molecule has 31 heavy (non-hydrogen) atoms. The first-order chi connectivity index (χ1) is 15.2. The topological polar surface area (TPSA) is 52.1 Å². The van der Waals surface area contributed by atoms with Crippen LogP contribution >= 0.6 is 11.3 Å². The van der Waals surface area contributed by atoms with E-state index in [1.165, 1.54) is 11.1 Å². The first-order valence-electron chi connectivity index (χ1n) is 11.1. The molecule has 0 saturated carbocycles. The van der Waals surface area contributed by atoms with E-state index in [0.717, 1.165) is 50.5 Å². The number of anilines is 1. The molecule has 0 bridgehead atoms. The molecule has 2 aromatic rings. The van der Waals surface area contributed by atoms with E-state index >= 15 is 0 Å². The van der Waals surface area contributed by atoms with Crippen molar-refractivity contribution in [1.29, 1.82) is 0 Å². The summed E-state index contributed by atoms with van der Waals surface area (Å²) in [7, 11) is 1.81. The molecule has 2 fully saturated rings. The molecule has 2 N–H and O–H groups in total. The lowest BCUT2D eigenvalue weighted by Gasteiger charge is -2.36. The lowest BCUT2D eigenvalue weighted by Crippen LogP contribution is -2.50. The fourth-order valence-electron chi connectivity index (χ4n) is 4.34. The van der Waals surface area contributed by atoms with Gasteiger partial charge in [-0.2, -0.15) is 0 Å². The zero-order valence-corrected chi connectivity index (χ0v) is 18.9. The molecule has 2 saturated heterocycles. The maximum absolute atomic E-state index is 13.9. The molecule has 0 radical (unpaired) electrons. The molecule has 1 atom stereocenters. The van der Waals surface area contributed by atoms with E-state index in [9.17, 15) is 4.39 Å². The first kappa shape index (κ1) is 22.0. The summed E-state index contributed by atoms with van der Waals surface area (Å²) in [6.45, 7) is 5.87. The van der Waals surface area contributed by atoms with E-state index in [2.05, 4.69) is 42.9 Å². The van der Waals surface area contributed by atoms with Crippen LogP contribution < -0.4 is 15.5 Å². The number of piperidine rings is 1. The van der Waals surface area contributed by atoms with Crippen LogP contribution in [-0.2, 0) is 4.74 Å². The van der Waals surface area contributed by atoms with Crippen LogP contribution in [-0.4, -0.2) is 69.9 Å². The maximum atomic E-state index is 13.9. The highest BCUT2D eigenvalue weighted by atomic mass is 32.1. The second-order valence-corrected chi connectivity index (χ2v) is 8.96. The number of morpholine rings is 1. The SMILES string of the molecule is CN=C(NCC(c1cccc(F)c1)N1CCOCC1)NC1CCN(c2cccs2)CC1. The molecule has 2 aliphatic rings. The van der Waals surface area contributed by atoms with Gasteiger partial charge < -0.3 is 20.3 Å². The van der Waals surface area contributed by atoms with Gasteiger partial charge in [-0.15, -0.1) is 11.3 Å². The Morgan fingerprint density at radius 3 is 2.68 bits per heavy atom. The molecule has 4 rings (SSSR count). The number of aliphatic imine (C=N–C) groups is 1. The summed E-state index contributed by atoms with van der Waals surface area (Å²) in [4.78, 5) is 9.26. The average Bonchev–Trinajstić information content (AvgIpc) is 3.35. The number of thiophene rings is 1. The number of rotatable bonds is 6. The molecule has 1 aromatic heterocycles. The fourth-order valence-corrected chi connectivity index (χ4v) is 5.12. The Kier molecular flexibility index (Phi) is 7.77. The third kappa shape index (κ3) is 5.96. The van der Waals surface area contributed by atoms with Gasteiger partial charge in [0.2, 0.25) is 0 Å². The molecular weight excluding hydrogens is 413 g/mol. The van der Waals surface area contributed by atoms with Gasteiger partial charge in [0.15, 0.2) is 5.96 Å². The van der Waals surface area contributed by atoms with Gasteiger partial charge in [0.05, 0.1) is 24.3 Å². The van der Waals surface area contributed by atoms with Gasteiger partial charge in [0.1, 0.15) is 5.82 Å². The minimum absolute atomic E-state index is 0.0684. The van der Waals surface area contributed by atoms with Crippen LogP contribution in [0.15, 0.2) is 46.8 Å². The fraction of sp³-hybridized carbons (Fsp3) is 0.522. The van der Waals surface area contributed by atoms with Gasteiger partial charge in [-0.1, -0.05) is 12.1 Å². The van der Waals surface area contributed by atoms with Crippen molar-refractivity contribution >= 4 is 22.3 Å². The predicted octanol–water partition coefficient (Wildman–Crippen LogP) is 3.09. The van der Waals surface area contributed by atoms with E-state index in [4.69, 9.17) is 4.74 Å². The molecule has 168 valence electrons. The number of ether oxygens (including phenoxy) is 1. The number of hydrogen-bond donors (Lipinski definition) is 2. The minimum Gasteiger partial charge on any atom is -0.379 e. The third-order valence-electron chi connectivity index (χ3n) is 6.06. The smallest absolute Gasteiger partial charge is 0.191 e. The lowest BCUT2D eigenvalue weighted by atomic mass is 10.0. The van der Waals surface area contributed by atoms with Crippen LogP contribution in [0.1, 0.15) is 24.4 Å². The molecule has 3 heterocycles.